The van der Waals surface area contributed by atoms with E-state index >= 15 is 0 Å². The highest BCUT2D eigenvalue weighted by molar-refractivity contribution is 5.76. The average molecular weight is 239 g/mol. The molecule has 1 saturated heterocycles. The van der Waals surface area contributed by atoms with Crippen LogP contribution in [0, 0.1) is 11.8 Å². The van der Waals surface area contributed by atoms with Gasteiger partial charge in [0.25, 0.3) is 0 Å². The first kappa shape index (κ1) is 12.8. The summed E-state index contributed by atoms with van der Waals surface area (Å²) in [4.78, 5) is 11.1. The van der Waals surface area contributed by atoms with Gasteiger partial charge in [0.05, 0.1) is 0 Å². The van der Waals surface area contributed by atoms with E-state index in [0.717, 1.165) is 44.7 Å². The molecule has 0 radical (unpaired) electrons. The highest BCUT2D eigenvalue weighted by Gasteiger charge is 2.24. The lowest BCUT2D eigenvalue weighted by molar-refractivity contribution is -0.122. The molecule has 1 aliphatic carbocycles. The second-order valence-corrected chi connectivity index (χ2v) is 5.57. The molecule has 17 heavy (non-hydrogen) atoms. The second kappa shape index (κ2) is 6.36. The zero-order valence-electron chi connectivity index (χ0n) is 10.6. The van der Waals surface area contributed by atoms with E-state index in [0.29, 0.717) is 6.04 Å². The molecule has 98 valence electrons. The Morgan fingerprint density at radius 1 is 1.24 bits per heavy atom. The summed E-state index contributed by atoms with van der Waals surface area (Å²) in [5.74, 6) is 0.807. The summed E-state index contributed by atoms with van der Waals surface area (Å²) in [6.45, 7) is 3.46. The fourth-order valence-electron chi connectivity index (χ4n) is 3.01. The van der Waals surface area contributed by atoms with Crippen molar-refractivity contribution < 1.29 is 4.79 Å². The van der Waals surface area contributed by atoms with Crippen molar-refractivity contribution in [1.29, 1.82) is 0 Å². The minimum atomic E-state index is -0.111. The highest BCUT2D eigenvalue weighted by Crippen LogP contribution is 2.24. The topological polar surface area (TPSA) is 67.2 Å². The van der Waals surface area contributed by atoms with Crippen LogP contribution in [-0.2, 0) is 4.79 Å². The first-order valence-electron chi connectivity index (χ1n) is 6.99. The van der Waals surface area contributed by atoms with Crippen LogP contribution in [0.25, 0.3) is 0 Å². The number of nitrogens with one attached hydrogen (secondary N) is 2. The summed E-state index contributed by atoms with van der Waals surface area (Å²) in [6.07, 6.45) is 6.80. The highest BCUT2D eigenvalue weighted by atomic mass is 16.1. The van der Waals surface area contributed by atoms with E-state index in [1.54, 1.807) is 0 Å². The fourth-order valence-corrected chi connectivity index (χ4v) is 3.01. The van der Waals surface area contributed by atoms with Gasteiger partial charge in [-0.15, -0.1) is 0 Å². The molecular formula is C13H25N3O. The molecule has 2 fully saturated rings. The van der Waals surface area contributed by atoms with E-state index in [2.05, 4.69) is 10.6 Å². The molecule has 1 aliphatic heterocycles. The lowest BCUT2D eigenvalue weighted by Crippen LogP contribution is -2.42. The number of hydrogen-bond donors (Lipinski definition) is 3. The van der Waals surface area contributed by atoms with Crippen molar-refractivity contribution in [1.82, 2.24) is 10.6 Å². The molecule has 2 rings (SSSR count). The van der Waals surface area contributed by atoms with Gasteiger partial charge in [0, 0.05) is 12.0 Å². The third-order valence-corrected chi connectivity index (χ3v) is 4.22. The lowest BCUT2D eigenvalue weighted by atomic mass is 9.85. The molecule has 0 aromatic heterocycles. The minimum absolute atomic E-state index is 0.111. The number of carbonyl (C=O) groups is 1. The van der Waals surface area contributed by atoms with Crippen molar-refractivity contribution in [3.63, 3.8) is 0 Å². The van der Waals surface area contributed by atoms with Crippen molar-refractivity contribution in [2.75, 3.05) is 19.6 Å². The Morgan fingerprint density at radius 2 is 2.00 bits per heavy atom. The molecule has 2 aliphatic rings. The summed E-state index contributed by atoms with van der Waals surface area (Å²) in [7, 11) is 0. The Balaban J connectivity index is 1.62. The van der Waals surface area contributed by atoms with E-state index in [9.17, 15) is 4.79 Å². The van der Waals surface area contributed by atoms with Gasteiger partial charge in [-0.1, -0.05) is 0 Å². The van der Waals surface area contributed by atoms with Crippen LogP contribution in [0.5, 0.6) is 0 Å². The molecule has 1 saturated carbocycles. The third-order valence-electron chi connectivity index (χ3n) is 4.22. The molecule has 4 heteroatoms. The fraction of sp³-hybridized carbons (Fsp3) is 0.923. The lowest BCUT2D eigenvalue weighted by Gasteiger charge is -2.30. The summed E-state index contributed by atoms with van der Waals surface area (Å²) >= 11 is 0. The summed E-state index contributed by atoms with van der Waals surface area (Å²) < 4.78 is 0. The van der Waals surface area contributed by atoms with Gasteiger partial charge in [-0.05, 0) is 64.1 Å². The number of amides is 1. The molecule has 4 N–H and O–H groups in total. The predicted octanol–water partition coefficient (Wildman–Crippen LogP) is 0.620. The molecule has 0 spiro atoms. The molecule has 0 aromatic rings. The maximum absolute atomic E-state index is 11.1. The van der Waals surface area contributed by atoms with Crippen LogP contribution in [0.1, 0.15) is 38.5 Å². The van der Waals surface area contributed by atoms with Crippen molar-refractivity contribution in [3.8, 4) is 0 Å². The summed E-state index contributed by atoms with van der Waals surface area (Å²) in [5.41, 5.74) is 5.34. The minimum Gasteiger partial charge on any atom is -0.369 e. The first-order chi connectivity index (χ1) is 8.25. The zero-order valence-corrected chi connectivity index (χ0v) is 10.6. The van der Waals surface area contributed by atoms with Gasteiger partial charge in [0.2, 0.25) is 5.91 Å². The SMILES string of the molecule is NC(=O)C1CCC(NCC2CCCNC2)CC1. The standard InChI is InChI=1S/C13H25N3O/c14-13(17)11-3-5-12(6-4-11)16-9-10-2-1-7-15-8-10/h10-12,15-16H,1-9H2,(H2,14,17). The van der Waals surface area contributed by atoms with E-state index in [4.69, 9.17) is 5.73 Å². The first-order valence-corrected chi connectivity index (χ1v) is 6.99. The van der Waals surface area contributed by atoms with Crippen molar-refractivity contribution in [2.45, 2.75) is 44.6 Å². The number of hydrogen-bond acceptors (Lipinski definition) is 3. The van der Waals surface area contributed by atoms with Crippen LogP contribution >= 0.6 is 0 Å². The van der Waals surface area contributed by atoms with E-state index in [1.807, 2.05) is 0 Å². The quantitative estimate of drug-likeness (QED) is 0.674. The van der Waals surface area contributed by atoms with Crippen LogP contribution in [0.4, 0.5) is 0 Å². The largest absolute Gasteiger partial charge is 0.369 e. The van der Waals surface area contributed by atoms with Gasteiger partial charge in [0.15, 0.2) is 0 Å². The Bertz CT molecular complexity index is 243. The number of piperidine rings is 1. The molecule has 1 atom stereocenters. The molecule has 4 nitrogen and oxygen atoms in total. The second-order valence-electron chi connectivity index (χ2n) is 5.57. The summed E-state index contributed by atoms with van der Waals surface area (Å²) in [6, 6.07) is 0.604. The maximum Gasteiger partial charge on any atom is 0.220 e. The van der Waals surface area contributed by atoms with Crippen LogP contribution < -0.4 is 16.4 Å². The Morgan fingerprint density at radius 3 is 2.59 bits per heavy atom. The third kappa shape index (κ3) is 3.96. The van der Waals surface area contributed by atoms with Gasteiger partial charge < -0.3 is 16.4 Å². The van der Waals surface area contributed by atoms with Crippen molar-refractivity contribution in [3.05, 3.63) is 0 Å². The zero-order chi connectivity index (χ0) is 12.1. The normalized spacial score (nSPS) is 34.5. The molecule has 1 unspecified atom stereocenters. The monoisotopic (exact) mass is 239 g/mol. The summed E-state index contributed by atoms with van der Waals surface area (Å²) in [5, 5.41) is 7.10. The van der Waals surface area contributed by atoms with Crippen molar-refractivity contribution >= 4 is 5.91 Å². The maximum atomic E-state index is 11.1. The number of rotatable bonds is 4. The van der Waals surface area contributed by atoms with Crippen LogP contribution in [0.2, 0.25) is 0 Å². The van der Waals surface area contributed by atoms with E-state index in [-0.39, 0.29) is 11.8 Å². The smallest absolute Gasteiger partial charge is 0.220 e. The van der Waals surface area contributed by atoms with Gasteiger partial charge in [-0.3, -0.25) is 4.79 Å². The van der Waals surface area contributed by atoms with Crippen LogP contribution in [0.3, 0.4) is 0 Å². The van der Waals surface area contributed by atoms with Gasteiger partial charge in [-0.25, -0.2) is 0 Å². The van der Waals surface area contributed by atoms with Crippen LogP contribution in [0.15, 0.2) is 0 Å². The number of carbonyl (C=O) groups excluding carboxylic acids is 1. The Hall–Kier alpha value is -0.610. The van der Waals surface area contributed by atoms with Gasteiger partial charge >= 0.3 is 0 Å². The van der Waals surface area contributed by atoms with Crippen LogP contribution in [-0.4, -0.2) is 31.6 Å². The van der Waals surface area contributed by atoms with Gasteiger partial charge in [0.1, 0.15) is 0 Å². The predicted molar refractivity (Wildman–Crippen MR) is 68.5 cm³/mol. The molecule has 0 aromatic carbocycles. The number of primary amides is 1. The average Bonchev–Trinajstić information content (AvgIpc) is 2.38. The molecule has 1 amide bonds. The Labute approximate surface area is 104 Å². The van der Waals surface area contributed by atoms with Gasteiger partial charge in [-0.2, -0.15) is 0 Å². The van der Waals surface area contributed by atoms with E-state index in [1.165, 1.54) is 19.4 Å². The van der Waals surface area contributed by atoms with Crippen molar-refractivity contribution in [2.24, 2.45) is 17.6 Å². The molecule has 0 bridgehead atoms. The number of nitrogens with two attached hydrogens (primary N) is 1. The Kier molecular flexibility index (Phi) is 4.80. The molecular weight excluding hydrogens is 214 g/mol. The van der Waals surface area contributed by atoms with E-state index < -0.39 is 0 Å². The molecule has 1 heterocycles.